The molecule has 0 atom stereocenters. The molecule has 0 unspecified atom stereocenters. The standard InChI is InChI=1S/C21H16BrN3S/c1-2-15-3-5-16(6-4-15)14-26-21-20-13-19(24-25(20)12-11-23-21)17-7-9-18(22)10-8-17/h2-13H,1,14H2. The highest BCUT2D eigenvalue weighted by atomic mass is 79.9. The van der Waals surface area contributed by atoms with E-state index in [9.17, 15) is 0 Å². The van der Waals surface area contributed by atoms with Gasteiger partial charge in [0.2, 0.25) is 0 Å². The van der Waals surface area contributed by atoms with Crippen molar-refractivity contribution in [2.45, 2.75) is 10.8 Å². The zero-order chi connectivity index (χ0) is 17.9. The van der Waals surface area contributed by atoms with Crippen molar-refractivity contribution in [1.29, 1.82) is 0 Å². The van der Waals surface area contributed by atoms with E-state index in [4.69, 9.17) is 0 Å². The zero-order valence-corrected chi connectivity index (χ0v) is 16.4. The fourth-order valence-corrected chi connectivity index (χ4v) is 3.87. The van der Waals surface area contributed by atoms with Gasteiger partial charge in [0, 0.05) is 28.2 Å². The Labute approximate surface area is 164 Å². The maximum atomic E-state index is 4.69. The number of fused-ring (bicyclic) bond motifs is 1. The lowest BCUT2D eigenvalue weighted by Gasteiger charge is -2.03. The van der Waals surface area contributed by atoms with E-state index in [1.54, 1.807) is 18.0 Å². The average molecular weight is 422 g/mol. The van der Waals surface area contributed by atoms with Crippen LogP contribution in [0.5, 0.6) is 0 Å². The summed E-state index contributed by atoms with van der Waals surface area (Å²) in [6, 6.07) is 18.7. The molecule has 5 heteroatoms. The monoisotopic (exact) mass is 421 g/mol. The van der Waals surface area contributed by atoms with Crippen molar-refractivity contribution in [1.82, 2.24) is 14.6 Å². The Bertz CT molecular complexity index is 1050. The van der Waals surface area contributed by atoms with Crippen LogP contribution >= 0.6 is 27.7 Å². The van der Waals surface area contributed by atoms with Crippen LogP contribution in [0.1, 0.15) is 11.1 Å². The van der Waals surface area contributed by atoms with E-state index >= 15 is 0 Å². The van der Waals surface area contributed by atoms with Crippen molar-refractivity contribution < 1.29 is 0 Å². The Kier molecular flexibility index (Phi) is 4.91. The third-order valence-electron chi connectivity index (χ3n) is 4.09. The smallest absolute Gasteiger partial charge is 0.122 e. The maximum absolute atomic E-state index is 4.69. The summed E-state index contributed by atoms with van der Waals surface area (Å²) >= 11 is 5.19. The average Bonchev–Trinajstić information content (AvgIpc) is 3.12. The molecule has 3 nitrogen and oxygen atoms in total. The largest absolute Gasteiger partial charge is 0.246 e. The van der Waals surface area contributed by atoms with Crippen LogP contribution in [0.4, 0.5) is 0 Å². The lowest BCUT2D eigenvalue weighted by molar-refractivity contribution is 0.920. The van der Waals surface area contributed by atoms with E-state index in [1.165, 1.54) is 5.56 Å². The molecule has 0 aliphatic carbocycles. The minimum atomic E-state index is 0.864. The molecular formula is C21H16BrN3S. The van der Waals surface area contributed by atoms with E-state index in [0.29, 0.717) is 0 Å². The fraction of sp³-hybridized carbons (Fsp3) is 0.0476. The topological polar surface area (TPSA) is 30.2 Å². The first-order chi connectivity index (χ1) is 12.7. The second-order valence-electron chi connectivity index (χ2n) is 5.83. The molecule has 128 valence electrons. The predicted molar refractivity (Wildman–Crippen MR) is 112 cm³/mol. The summed E-state index contributed by atoms with van der Waals surface area (Å²) in [6.07, 6.45) is 5.55. The molecule has 2 aromatic carbocycles. The number of benzene rings is 2. The Morgan fingerprint density at radius 2 is 1.85 bits per heavy atom. The number of nitrogens with zero attached hydrogens (tertiary/aromatic N) is 3. The molecule has 2 heterocycles. The zero-order valence-electron chi connectivity index (χ0n) is 14.0. The molecule has 4 aromatic rings. The van der Waals surface area contributed by atoms with Crippen LogP contribution in [0.2, 0.25) is 0 Å². The van der Waals surface area contributed by atoms with Crippen molar-refractivity contribution in [2.75, 3.05) is 0 Å². The van der Waals surface area contributed by atoms with Crippen LogP contribution < -0.4 is 0 Å². The van der Waals surface area contributed by atoms with Gasteiger partial charge in [0.1, 0.15) is 5.03 Å². The molecule has 2 aromatic heterocycles. The summed E-state index contributed by atoms with van der Waals surface area (Å²) in [6.45, 7) is 3.79. The molecule has 0 N–H and O–H groups in total. The van der Waals surface area contributed by atoms with Crippen molar-refractivity contribution in [3.05, 3.63) is 89.2 Å². The second kappa shape index (κ2) is 7.48. The Morgan fingerprint density at radius 3 is 2.58 bits per heavy atom. The van der Waals surface area contributed by atoms with E-state index < -0.39 is 0 Å². The third kappa shape index (κ3) is 3.59. The number of halogens is 1. The van der Waals surface area contributed by atoms with E-state index in [0.717, 1.165) is 37.6 Å². The first kappa shape index (κ1) is 17.1. The molecule has 0 saturated heterocycles. The van der Waals surface area contributed by atoms with E-state index in [2.05, 4.69) is 75.1 Å². The summed E-state index contributed by atoms with van der Waals surface area (Å²) in [4.78, 5) is 4.56. The van der Waals surface area contributed by atoms with Crippen LogP contribution in [0, 0.1) is 0 Å². The number of thioether (sulfide) groups is 1. The highest BCUT2D eigenvalue weighted by molar-refractivity contribution is 9.10. The van der Waals surface area contributed by atoms with Crippen molar-refractivity contribution >= 4 is 39.3 Å². The van der Waals surface area contributed by atoms with Gasteiger partial charge in [0.05, 0.1) is 11.2 Å². The Balaban J connectivity index is 1.60. The molecule has 0 saturated carbocycles. The molecule has 26 heavy (non-hydrogen) atoms. The van der Waals surface area contributed by atoms with Gasteiger partial charge in [-0.1, -0.05) is 76.7 Å². The van der Waals surface area contributed by atoms with E-state index in [1.807, 2.05) is 28.9 Å². The van der Waals surface area contributed by atoms with Gasteiger partial charge in [-0.15, -0.1) is 0 Å². The van der Waals surface area contributed by atoms with Crippen molar-refractivity contribution in [2.24, 2.45) is 0 Å². The third-order valence-corrected chi connectivity index (χ3v) is 5.68. The minimum absolute atomic E-state index is 0.864. The van der Waals surface area contributed by atoms with Crippen LogP contribution in [-0.4, -0.2) is 14.6 Å². The van der Waals surface area contributed by atoms with E-state index in [-0.39, 0.29) is 0 Å². The van der Waals surface area contributed by atoms with Crippen molar-refractivity contribution in [3.8, 4) is 11.3 Å². The van der Waals surface area contributed by atoms with Gasteiger partial charge < -0.3 is 0 Å². The summed E-state index contributed by atoms with van der Waals surface area (Å²) < 4.78 is 2.96. The molecule has 0 amide bonds. The molecular weight excluding hydrogens is 406 g/mol. The molecule has 0 spiro atoms. The van der Waals surface area contributed by atoms with Gasteiger partial charge in [-0.25, -0.2) is 9.50 Å². The summed E-state index contributed by atoms with van der Waals surface area (Å²) in [5.74, 6) is 0.864. The lowest BCUT2D eigenvalue weighted by atomic mass is 10.1. The van der Waals surface area contributed by atoms with Gasteiger partial charge in [-0.2, -0.15) is 5.10 Å². The fourth-order valence-electron chi connectivity index (χ4n) is 2.67. The molecule has 4 rings (SSSR count). The number of rotatable bonds is 5. The van der Waals surface area contributed by atoms with Crippen LogP contribution in [0.3, 0.4) is 0 Å². The SMILES string of the molecule is C=Cc1ccc(CSc2nccn3nc(-c4ccc(Br)cc4)cc23)cc1. The molecule has 0 radical (unpaired) electrons. The van der Waals surface area contributed by atoms with Crippen molar-refractivity contribution in [3.63, 3.8) is 0 Å². The van der Waals surface area contributed by atoms with Crippen LogP contribution in [0.15, 0.2) is 83.1 Å². The second-order valence-corrected chi connectivity index (χ2v) is 7.71. The van der Waals surface area contributed by atoms with Gasteiger partial charge in [-0.05, 0) is 29.3 Å². The first-order valence-electron chi connectivity index (χ1n) is 8.17. The minimum Gasteiger partial charge on any atom is -0.246 e. The Morgan fingerprint density at radius 1 is 1.08 bits per heavy atom. The Hall–Kier alpha value is -2.37. The summed E-state index contributed by atoms with van der Waals surface area (Å²) in [5, 5.41) is 5.67. The molecule has 0 fully saturated rings. The summed E-state index contributed by atoms with van der Waals surface area (Å²) in [7, 11) is 0. The van der Waals surface area contributed by atoms with Gasteiger partial charge in [-0.3, -0.25) is 0 Å². The highest BCUT2D eigenvalue weighted by Gasteiger charge is 2.10. The number of aromatic nitrogens is 3. The normalized spacial score (nSPS) is 11.0. The van der Waals surface area contributed by atoms with Crippen LogP contribution in [-0.2, 0) is 5.75 Å². The lowest BCUT2D eigenvalue weighted by Crippen LogP contribution is -1.91. The first-order valence-corrected chi connectivity index (χ1v) is 9.95. The van der Waals surface area contributed by atoms with Gasteiger partial charge in [0.25, 0.3) is 0 Å². The highest BCUT2D eigenvalue weighted by Crippen LogP contribution is 2.28. The number of hydrogen-bond acceptors (Lipinski definition) is 3. The van der Waals surface area contributed by atoms with Gasteiger partial charge >= 0.3 is 0 Å². The predicted octanol–water partition coefficient (Wildman–Crippen LogP) is 6.09. The van der Waals surface area contributed by atoms with Gasteiger partial charge in [0.15, 0.2) is 0 Å². The quantitative estimate of drug-likeness (QED) is 0.365. The summed E-state index contributed by atoms with van der Waals surface area (Å²) in [5.41, 5.74) is 5.46. The van der Waals surface area contributed by atoms with Crippen LogP contribution in [0.25, 0.3) is 22.9 Å². The molecule has 0 aliphatic rings. The molecule has 0 aliphatic heterocycles. The molecule has 0 bridgehead atoms. The maximum Gasteiger partial charge on any atom is 0.122 e. The number of hydrogen-bond donors (Lipinski definition) is 0.